The number of ether oxygens (including phenoxy) is 1. The van der Waals surface area contributed by atoms with E-state index in [9.17, 15) is 9.59 Å². The predicted molar refractivity (Wildman–Crippen MR) is 90.0 cm³/mol. The number of carbonyl (C=O) groups excluding carboxylic acids is 2. The molecule has 8 nitrogen and oxygen atoms in total. The van der Waals surface area contributed by atoms with Gasteiger partial charge in [0, 0.05) is 31.9 Å². The molecule has 2 aromatic heterocycles. The van der Waals surface area contributed by atoms with Gasteiger partial charge in [-0.2, -0.15) is 10.2 Å². The molecule has 1 amide bonds. The van der Waals surface area contributed by atoms with Gasteiger partial charge in [0.2, 0.25) is 5.91 Å². The number of fused-ring (bicyclic) bond motifs is 1. The SMILES string of the molecule is C#CCCC1(CCC(=O)Nc2cnc3cc(C(=O)OC)ccn23)N=N1. The zero-order chi connectivity index (χ0) is 17.9. The number of pyridine rings is 1. The van der Waals surface area contributed by atoms with Crippen molar-refractivity contribution in [1.29, 1.82) is 0 Å². The van der Waals surface area contributed by atoms with Crippen molar-refractivity contribution in [2.24, 2.45) is 10.2 Å². The van der Waals surface area contributed by atoms with Gasteiger partial charge in [0.05, 0.1) is 18.9 Å². The number of methoxy groups -OCH3 is 1. The van der Waals surface area contributed by atoms with E-state index >= 15 is 0 Å². The molecule has 1 aliphatic heterocycles. The second-order valence-electron chi connectivity index (χ2n) is 5.71. The lowest BCUT2D eigenvalue weighted by molar-refractivity contribution is -0.116. The van der Waals surface area contributed by atoms with Crippen molar-refractivity contribution in [3.8, 4) is 12.3 Å². The highest BCUT2D eigenvalue weighted by atomic mass is 16.5. The lowest BCUT2D eigenvalue weighted by Crippen LogP contribution is -2.18. The molecule has 25 heavy (non-hydrogen) atoms. The van der Waals surface area contributed by atoms with Gasteiger partial charge in [-0.1, -0.05) is 0 Å². The van der Waals surface area contributed by atoms with E-state index < -0.39 is 11.6 Å². The van der Waals surface area contributed by atoms with Crippen molar-refractivity contribution < 1.29 is 14.3 Å². The third-order valence-electron chi connectivity index (χ3n) is 4.01. The fraction of sp³-hybridized carbons (Fsp3) is 0.353. The number of imidazole rings is 1. The monoisotopic (exact) mass is 339 g/mol. The molecule has 0 aliphatic carbocycles. The molecule has 8 heteroatoms. The zero-order valence-corrected chi connectivity index (χ0v) is 13.7. The Morgan fingerprint density at radius 1 is 1.40 bits per heavy atom. The molecular weight excluding hydrogens is 322 g/mol. The van der Waals surface area contributed by atoms with Crippen LogP contribution in [-0.4, -0.2) is 34.0 Å². The van der Waals surface area contributed by atoms with Crippen LogP contribution < -0.4 is 5.32 Å². The van der Waals surface area contributed by atoms with E-state index in [4.69, 9.17) is 6.42 Å². The lowest BCUT2D eigenvalue weighted by Gasteiger charge is -2.09. The summed E-state index contributed by atoms with van der Waals surface area (Å²) in [5.74, 6) is 2.49. The van der Waals surface area contributed by atoms with E-state index in [0.29, 0.717) is 36.3 Å². The highest BCUT2D eigenvalue weighted by Crippen LogP contribution is 2.37. The third-order valence-corrected chi connectivity index (χ3v) is 4.01. The van der Waals surface area contributed by atoms with Crippen molar-refractivity contribution in [2.75, 3.05) is 12.4 Å². The number of rotatable bonds is 7. The molecule has 0 fully saturated rings. The van der Waals surface area contributed by atoms with Crippen LogP contribution in [0.4, 0.5) is 5.82 Å². The topological polar surface area (TPSA) is 97.4 Å². The highest BCUT2D eigenvalue weighted by molar-refractivity contribution is 5.92. The van der Waals surface area contributed by atoms with Crippen LogP contribution in [-0.2, 0) is 9.53 Å². The number of hydrogen-bond acceptors (Lipinski definition) is 6. The molecule has 0 unspecified atom stereocenters. The molecule has 0 spiro atoms. The minimum atomic E-state index is -0.474. The summed E-state index contributed by atoms with van der Waals surface area (Å²) in [4.78, 5) is 27.9. The van der Waals surface area contributed by atoms with Crippen LogP contribution in [0.15, 0.2) is 34.8 Å². The number of anilines is 1. The second-order valence-corrected chi connectivity index (χ2v) is 5.71. The number of nitrogens with zero attached hydrogens (tertiary/aromatic N) is 4. The van der Waals surface area contributed by atoms with Gasteiger partial charge in [-0.25, -0.2) is 9.78 Å². The van der Waals surface area contributed by atoms with Crippen LogP contribution in [0.25, 0.3) is 5.65 Å². The number of hydrogen-bond donors (Lipinski definition) is 1. The van der Waals surface area contributed by atoms with Crippen molar-refractivity contribution in [1.82, 2.24) is 9.38 Å². The van der Waals surface area contributed by atoms with Gasteiger partial charge in [-0.3, -0.25) is 9.20 Å². The van der Waals surface area contributed by atoms with E-state index in [0.717, 1.165) is 0 Å². The van der Waals surface area contributed by atoms with E-state index in [1.807, 2.05) is 0 Å². The van der Waals surface area contributed by atoms with Crippen molar-refractivity contribution in [3.63, 3.8) is 0 Å². The Labute approximate surface area is 144 Å². The second kappa shape index (κ2) is 6.73. The summed E-state index contributed by atoms with van der Waals surface area (Å²) >= 11 is 0. The van der Waals surface area contributed by atoms with Crippen molar-refractivity contribution >= 4 is 23.3 Å². The first-order chi connectivity index (χ1) is 12.1. The molecule has 3 rings (SSSR count). The van der Waals surface area contributed by atoms with Crippen molar-refractivity contribution in [3.05, 3.63) is 30.1 Å². The Kier molecular flexibility index (Phi) is 4.48. The number of carbonyl (C=O) groups is 2. The molecule has 0 radical (unpaired) electrons. The standard InChI is InChI=1S/C17H17N5O3/c1-3-4-7-17(20-21-17)8-5-15(23)19-14-11-18-13-10-12(16(24)25-2)6-9-22(13)14/h1,6,9-11H,4-5,7-8H2,2H3,(H,19,23). The highest BCUT2D eigenvalue weighted by Gasteiger charge is 2.39. The largest absolute Gasteiger partial charge is 0.465 e. The molecule has 0 bridgehead atoms. The van der Waals surface area contributed by atoms with Gasteiger partial charge in [-0.15, -0.1) is 12.3 Å². The molecule has 0 aromatic carbocycles. The normalized spacial score (nSPS) is 14.1. The first-order valence-corrected chi connectivity index (χ1v) is 7.80. The van der Waals surface area contributed by atoms with Gasteiger partial charge in [0.15, 0.2) is 5.66 Å². The van der Waals surface area contributed by atoms with Gasteiger partial charge < -0.3 is 10.1 Å². The Bertz CT molecular complexity index is 887. The predicted octanol–water partition coefficient (Wildman–Crippen LogP) is 2.42. The van der Waals surface area contributed by atoms with Crippen LogP contribution in [0.1, 0.15) is 36.0 Å². The van der Waals surface area contributed by atoms with Crippen molar-refractivity contribution in [2.45, 2.75) is 31.3 Å². The Balaban J connectivity index is 1.62. The van der Waals surface area contributed by atoms with Crippen LogP contribution in [0.3, 0.4) is 0 Å². The lowest BCUT2D eigenvalue weighted by atomic mass is 10.0. The summed E-state index contributed by atoms with van der Waals surface area (Å²) in [5.41, 5.74) is 0.459. The Hall–Kier alpha value is -3.21. The van der Waals surface area contributed by atoms with Crippen LogP contribution in [0.2, 0.25) is 0 Å². The fourth-order valence-corrected chi connectivity index (χ4v) is 2.51. The average Bonchev–Trinajstić information content (AvgIpc) is 3.31. The number of terminal acetylenes is 1. The maximum Gasteiger partial charge on any atom is 0.338 e. The molecule has 1 N–H and O–H groups in total. The van der Waals surface area contributed by atoms with Crippen LogP contribution in [0.5, 0.6) is 0 Å². The fourth-order valence-electron chi connectivity index (χ4n) is 2.51. The minimum absolute atomic E-state index is 0.156. The zero-order valence-electron chi connectivity index (χ0n) is 13.7. The summed E-state index contributed by atoms with van der Waals surface area (Å²) in [6.07, 6.45) is 10.5. The van der Waals surface area contributed by atoms with Crippen LogP contribution >= 0.6 is 0 Å². The summed E-state index contributed by atoms with van der Waals surface area (Å²) in [5, 5.41) is 10.8. The minimum Gasteiger partial charge on any atom is -0.465 e. The molecule has 3 heterocycles. The summed E-state index contributed by atoms with van der Waals surface area (Å²) < 4.78 is 6.36. The van der Waals surface area contributed by atoms with Gasteiger partial charge in [0.1, 0.15) is 11.5 Å². The average molecular weight is 339 g/mol. The molecular formula is C17H17N5O3. The summed E-state index contributed by atoms with van der Waals surface area (Å²) in [6, 6.07) is 3.20. The molecule has 0 saturated heterocycles. The van der Waals surface area contributed by atoms with E-state index in [-0.39, 0.29) is 12.3 Å². The quantitative estimate of drug-likeness (QED) is 0.619. The van der Waals surface area contributed by atoms with Gasteiger partial charge in [0.25, 0.3) is 0 Å². The number of amides is 1. The molecule has 0 atom stereocenters. The number of nitrogens with one attached hydrogen (secondary N) is 1. The molecule has 2 aromatic rings. The number of aromatic nitrogens is 2. The van der Waals surface area contributed by atoms with Gasteiger partial charge >= 0.3 is 5.97 Å². The van der Waals surface area contributed by atoms with E-state index in [2.05, 4.69) is 31.2 Å². The Morgan fingerprint density at radius 2 is 2.20 bits per heavy atom. The van der Waals surface area contributed by atoms with Crippen LogP contribution in [0, 0.1) is 12.3 Å². The smallest absolute Gasteiger partial charge is 0.338 e. The number of esters is 1. The Morgan fingerprint density at radius 3 is 2.88 bits per heavy atom. The van der Waals surface area contributed by atoms with E-state index in [1.165, 1.54) is 13.3 Å². The molecule has 0 saturated carbocycles. The summed E-state index contributed by atoms with van der Waals surface area (Å²) in [7, 11) is 1.32. The maximum atomic E-state index is 12.2. The van der Waals surface area contributed by atoms with E-state index in [1.54, 1.807) is 22.7 Å². The molecule has 1 aliphatic rings. The third kappa shape index (κ3) is 3.66. The maximum absolute atomic E-state index is 12.2. The first-order valence-electron chi connectivity index (χ1n) is 7.80. The summed E-state index contributed by atoms with van der Waals surface area (Å²) in [6.45, 7) is 0. The first kappa shape index (κ1) is 16.6. The van der Waals surface area contributed by atoms with Gasteiger partial charge in [-0.05, 0) is 12.1 Å². The molecule has 128 valence electrons.